The first-order valence-corrected chi connectivity index (χ1v) is 8.17. The SMILES string of the molecule is CCCCCC(N[C@@H](C)c1ccccc1)c1ccccc1. The molecular weight excluding hydrogens is 254 g/mol. The smallest absolute Gasteiger partial charge is 0.0325 e. The van der Waals surface area contributed by atoms with Crippen molar-refractivity contribution in [1.82, 2.24) is 5.32 Å². The van der Waals surface area contributed by atoms with Crippen LogP contribution in [0.15, 0.2) is 60.7 Å². The third-order valence-electron chi connectivity index (χ3n) is 4.05. The Labute approximate surface area is 129 Å². The molecule has 1 heteroatoms. The molecule has 1 unspecified atom stereocenters. The summed E-state index contributed by atoms with van der Waals surface area (Å²) in [4.78, 5) is 0. The maximum atomic E-state index is 3.81. The number of hydrogen-bond donors (Lipinski definition) is 1. The maximum Gasteiger partial charge on any atom is 0.0325 e. The second kappa shape index (κ2) is 8.63. The topological polar surface area (TPSA) is 12.0 Å². The fraction of sp³-hybridized carbons (Fsp3) is 0.400. The van der Waals surface area contributed by atoms with Gasteiger partial charge in [-0.3, -0.25) is 0 Å². The van der Waals surface area contributed by atoms with Gasteiger partial charge in [-0.25, -0.2) is 0 Å². The minimum Gasteiger partial charge on any atom is -0.303 e. The molecule has 0 fully saturated rings. The minimum absolute atomic E-state index is 0.373. The van der Waals surface area contributed by atoms with E-state index in [0.717, 1.165) is 0 Å². The molecule has 0 aliphatic carbocycles. The van der Waals surface area contributed by atoms with Crippen LogP contribution < -0.4 is 5.32 Å². The predicted octanol–water partition coefficient (Wildman–Crippen LogP) is 5.66. The van der Waals surface area contributed by atoms with Crippen LogP contribution in [-0.2, 0) is 0 Å². The van der Waals surface area contributed by atoms with Gasteiger partial charge in [0.05, 0.1) is 0 Å². The van der Waals surface area contributed by atoms with Crippen molar-refractivity contribution in [1.29, 1.82) is 0 Å². The molecule has 2 aromatic rings. The summed E-state index contributed by atoms with van der Waals surface area (Å²) in [7, 11) is 0. The molecule has 0 radical (unpaired) electrons. The van der Waals surface area contributed by atoms with Gasteiger partial charge in [-0.15, -0.1) is 0 Å². The summed E-state index contributed by atoms with van der Waals surface area (Å²) in [6, 6.07) is 22.4. The molecule has 2 aromatic carbocycles. The summed E-state index contributed by atoms with van der Waals surface area (Å²) in [5, 5.41) is 3.81. The van der Waals surface area contributed by atoms with Gasteiger partial charge < -0.3 is 5.32 Å². The van der Waals surface area contributed by atoms with Gasteiger partial charge in [-0.2, -0.15) is 0 Å². The van der Waals surface area contributed by atoms with Crippen molar-refractivity contribution in [3.8, 4) is 0 Å². The summed E-state index contributed by atoms with van der Waals surface area (Å²) in [6.07, 6.45) is 5.07. The highest BCUT2D eigenvalue weighted by Crippen LogP contribution is 2.24. The average Bonchev–Trinajstić information content (AvgIpc) is 2.55. The van der Waals surface area contributed by atoms with E-state index >= 15 is 0 Å². The Kier molecular flexibility index (Phi) is 6.49. The van der Waals surface area contributed by atoms with Crippen LogP contribution in [0.2, 0.25) is 0 Å². The van der Waals surface area contributed by atoms with Crippen molar-refractivity contribution in [2.24, 2.45) is 0 Å². The van der Waals surface area contributed by atoms with E-state index in [2.05, 4.69) is 79.8 Å². The molecule has 1 N–H and O–H groups in total. The van der Waals surface area contributed by atoms with Crippen LogP contribution in [0.25, 0.3) is 0 Å². The van der Waals surface area contributed by atoms with Gasteiger partial charge in [0, 0.05) is 12.1 Å². The summed E-state index contributed by atoms with van der Waals surface area (Å²) in [5.74, 6) is 0. The van der Waals surface area contributed by atoms with Crippen LogP contribution in [0.5, 0.6) is 0 Å². The van der Waals surface area contributed by atoms with Crippen LogP contribution in [0.3, 0.4) is 0 Å². The van der Waals surface area contributed by atoms with Gasteiger partial charge in [-0.1, -0.05) is 86.8 Å². The zero-order valence-corrected chi connectivity index (χ0v) is 13.3. The molecule has 0 saturated heterocycles. The van der Waals surface area contributed by atoms with Crippen molar-refractivity contribution >= 4 is 0 Å². The molecule has 0 spiro atoms. The Hall–Kier alpha value is -1.60. The van der Waals surface area contributed by atoms with Crippen molar-refractivity contribution in [2.45, 2.75) is 51.6 Å². The lowest BCUT2D eigenvalue weighted by Crippen LogP contribution is -2.24. The molecule has 0 aliphatic heterocycles. The molecule has 0 aliphatic rings. The normalized spacial score (nSPS) is 13.8. The Morgan fingerprint density at radius 3 is 1.95 bits per heavy atom. The first-order chi connectivity index (χ1) is 10.3. The van der Waals surface area contributed by atoms with Crippen LogP contribution in [0.1, 0.15) is 62.7 Å². The van der Waals surface area contributed by atoms with Gasteiger partial charge in [0.1, 0.15) is 0 Å². The van der Waals surface area contributed by atoms with Crippen LogP contribution in [0.4, 0.5) is 0 Å². The summed E-state index contributed by atoms with van der Waals surface area (Å²) < 4.78 is 0. The van der Waals surface area contributed by atoms with Gasteiger partial charge in [0.15, 0.2) is 0 Å². The van der Waals surface area contributed by atoms with E-state index in [-0.39, 0.29) is 0 Å². The number of benzene rings is 2. The fourth-order valence-electron chi connectivity index (χ4n) is 2.77. The Morgan fingerprint density at radius 2 is 1.38 bits per heavy atom. The lowest BCUT2D eigenvalue weighted by Gasteiger charge is -2.24. The summed E-state index contributed by atoms with van der Waals surface area (Å²) in [6.45, 7) is 4.52. The second-order valence-electron chi connectivity index (χ2n) is 5.76. The summed E-state index contributed by atoms with van der Waals surface area (Å²) in [5.41, 5.74) is 2.75. The van der Waals surface area contributed by atoms with Crippen LogP contribution in [-0.4, -0.2) is 0 Å². The number of nitrogens with one attached hydrogen (secondary N) is 1. The zero-order valence-electron chi connectivity index (χ0n) is 13.3. The number of unbranched alkanes of at least 4 members (excludes halogenated alkanes) is 2. The standard InChI is InChI=1S/C20H27N/c1-3-4-7-16-20(19-14-10-6-11-15-19)21-17(2)18-12-8-5-9-13-18/h5-6,8-15,17,20-21H,3-4,7,16H2,1-2H3/t17-,20?/m0/s1. The van der Waals surface area contributed by atoms with Crippen LogP contribution >= 0.6 is 0 Å². The van der Waals surface area contributed by atoms with Gasteiger partial charge >= 0.3 is 0 Å². The molecule has 2 atom stereocenters. The first kappa shape index (κ1) is 15.8. The van der Waals surface area contributed by atoms with E-state index in [0.29, 0.717) is 12.1 Å². The maximum absolute atomic E-state index is 3.81. The highest BCUT2D eigenvalue weighted by molar-refractivity contribution is 5.22. The lowest BCUT2D eigenvalue weighted by atomic mass is 9.98. The Balaban J connectivity index is 2.05. The van der Waals surface area contributed by atoms with E-state index < -0.39 is 0 Å². The van der Waals surface area contributed by atoms with E-state index in [9.17, 15) is 0 Å². The molecule has 0 heterocycles. The average molecular weight is 281 g/mol. The summed E-state index contributed by atoms with van der Waals surface area (Å²) >= 11 is 0. The van der Waals surface area contributed by atoms with E-state index in [1.807, 2.05) is 0 Å². The first-order valence-electron chi connectivity index (χ1n) is 8.17. The van der Waals surface area contributed by atoms with E-state index in [4.69, 9.17) is 0 Å². The Morgan fingerprint density at radius 1 is 0.810 bits per heavy atom. The highest BCUT2D eigenvalue weighted by atomic mass is 14.9. The molecule has 0 aromatic heterocycles. The molecule has 0 amide bonds. The third kappa shape index (κ3) is 5.02. The minimum atomic E-state index is 0.373. The third-order valence-corrected chi connectivity index (χ3v) is 4.05. The monoisotopic (exact) mass is 281 g/mol. The van der Waals surface area contributed by atoms with E-state index in [1.54, 1.807) is 0 Å². The zero-order chi connectivity index (χ0) is 14.9. The van der Waals surface area contributed by atoms with Crippen molar-refractivity contribution < 1.29 is 0 Å². The number of hydrogen-bond acceptors (Lipinski definition) is 1. The second-order valence-corrected chi connectivity index (χ2v) is 5.76. The van der Waals surface area contributed by atoms with Gasteiger partial charge in [-0.05, 0) is 24.5 Å². The van der Waals surface area contributed by atoms with Crippen molar-refractivity contribution in [3.63, 3.8) is 0 Å². The van der Waals surface area contributed by atoms with E-state index in [1.165, 1.54) is 36.8 Å². The Bertz CT molecular complexity index is 492. The molecule has 0 bridgehead atoms. The lowest BCUT2D eigenvalue weighted by molar-refractivity contribution is 0.427. The van der Waals surface area contributed by atoms with Gasteiger partial charge in [0.2, 0.25) is 0 Å². The quantitative estimate of drug-likeness (QED) is 0.616. The number of rotatable bonds is 8. The van der Waals surface area contributed by atoms with Crippen LogP contribution in [0, 0.1) is 0 Å². The fourth-order valence-corrected chi connectivity index (χ4v) is 2.77. The molecule has 2 rings (SSSR count). The largest absolute Gasteiger partial charge is 0.303 e. The molecule has 21 heavy (non-hydrogen) atoms. The molecule has 112 valence electrons. The predicted molar refractivity (Wildman–Crippen MR) is 91.3 cm³/mol. The molecule has 1 nitrogen and oxygen atoms in total. The molecular formula is C20H27N. The van der Waals surface area contributed by atoms with Gasteiger partial charge in [0.25, 0.3) is 0 Å². The molecule has 0 saturated carbocycles. The van der Waals surface area contributed by atoms with Crippen molar-refractivity contribution in [3.05, 3.63) is 71.8 Å². The van der Waals surface area contributed by atoms with Crippen molar-refractivity contribution in [2.75, 3.05) is 0 Å². The highest BCUT2D eigenvalue weighted by Gasteiger charge is 2.14.